The minimum atomic E-state index is 0.00587. The molecule has 0 radical (unpaired) electrons. The Balaban J connectivity index is 2.10. The van der Waals surface area contributed by atoms with Gasteiger partial charge in [-0.25, -0.2) is 0 Å². The fourth-order valence-corrected chi connectivity index (χ4v) is 1.59. The number of rotatable bonds is 4. The van der Waals surface area contributed by atoms with Gasteiger partial charge in [-0.05, 0) is 18.2 Å². The van der Waals surface area contributed by atoms with E-state index in [1.54, 1.807) is 24.7 Å². The molecule has 0 amide bonds. The monoisotopic (exact) mass is 241 g/mol. The van der Waals surface area contributed by atoms with Crippen LogP contribution in [0.25, 0.3) is 0 Å². The smallest absolute Gasteiger partial charge is 0.185 e. The van der Waals surface area contributed by atoms with Crippen LogP contribution >= 0.6 is 0 Å². The van der Waals surface area contributed by atoms with Gasteiger partial charge < -0.3 is 4.90 Å². The quantitative estimate of drug-likeness (QED) is 0.750. The molecule has 0 N–H and O–H groups in total. The Morgan fingerprint density at radius 1 is 1.44 bits per heavy atom. The average Bonchev–Trinajstić information content (AvgIpc) is 2.86. The van der Waals surface area contributed by atoms with Crippen molar-refractivity contribution in [3.63, 3.8) is 0 Å². The lowest BCUT2D eigenvalue weighted by molar-refractivity contribution is -0.111. The van der Waals surface area contributed by atoms with Gasteiger partial charge >= 0.3 is 0 Å². The summed E-state index contributed by atoms with van der Waals surface area (Å²) in [4.78, 5) is 22.1. The van der Waals surface area contributed by atoms with Crippen molar-refractivity contribution in [2.24, 2.45) is 4.99 Å². The molecule has 4 heteroatoms. The van der Waals surface area contributed by atoms with Crippen molar-refractivity contribution in [3.8, 4) is 0 Å². The molecule has 0 unspecified atom stereocenters. The second-order valence-electron chi connectivity index (χ2n) is 4.26. The van der Waals surface area contributed by atoms with Gasteiger partial charge in [-0.3, -0.25) is 14.8 Å². The summed E-state index contributed by atoms with van der Waals surface area (Å²) in [5.74, 6) is 0.00587. The van der Waals surface area contributed by atoms with Gasteiger partial charge in [0.05, 0.1) is 12.3 Å². The van der Waals surface area contributed by atoms with Crippen molar-refractivity contribution in [2.45, 2.75) is 0 Å². The Morgan fingerprint density at radius 3 is 2.94 bits per heavy atom. The molecule has 2 heterocycles. The van der Waals surface area contributed by atoms with Crippen LogP contribution in [-0.2, 0) is 4.79 Å². The summed E-state index contributed by atoms with van der Waals surface area (Å²) >= 11 is 0. The Kier molecular flexibility index (Phi) is 3.67. The zero-order chi connectivity index (χ0) is 13.0. The Bertz CT molecular complexity index is 527. The van der Waals surface area contributed by atoms with Gasteiger partial charge in [-0.2, -0.15) is 0 Å². The molecule has 0 fully saturated rings. The zero-order valence-electron chi connectivity index (χ0n) is 10.5. The molecule has 0 aromatic carbocycles. The number of carbonyl (C=O) groups excluding carboxylic acids is 1. The SMILES string of the molecule is CN(C)/C=C/C(=O)C1=CC(c2cccnc2)=NC1. The maximum absolute atomic E-state index is 11.9. The fourth-order valence-electron chi connectivity index (χ4n) is 1.59. The second kappa shape index (κ2) is 5.40. The molecule has 0 saturated carbocycles. The van der Waals surface area contributed by atoms with Crippen molar-refractivity contribution >= 4 is 11.5 Å². The number of hydrogen-bond donors (Lipinski definition) is 0. The summed E-state index contributed by atoms with van der Waals surface area (Å²) < 4.78 is 0. The van der Waals surface area contributed by atoms with Crippen molar-refractivity contribution < 1.29 is 4.79 Å². The molecule has 0 atom stereocenters. The molecule has 0 spiro atoms. The predicted octanol–water partition coefficient (Wildman–Crippen LogP) is 1.46. The number of allylic oxidation sites excluding steroid dienone is 2. The van der Waals surface area contributed by atoms with Crippen LogP contribution in [0.5, 0.6) is 0 Å². The molecule has 1 aromatic heterocycles. The van der Waals surface area contributed by atoms with E-state index < -0.39 is 0 Å². The lowest BCUT2D eigenvalue weighted by atomic mass is 10.1. The highest BCUT2D eigenvalue weighted by Gasteiger charge is 2.14. The van der Waals surface area contributed by atoms with E-state index in [4.69, 9.17) is 0 Å². The number of hydrogen-bond acceptors (Lipinski definition) is 4. The van der Waals surface area contributed by atoms with Crippen molar-refractivity contribution in [2.75, 3.05) is 20.6 Å². The fraction of sp³-hybridized carbons (Fsp3) is 0.214. The lowest BCUT2D eigenvalue weighted by Crippen LogP contribution is -2.05. The molecular weight excluding hydrogens is 226 g/mol. The van der Waals surface area contributed by atoms with Gasteiger partial charge in [-0.1, -0.05) is 0 Å². The lowest BCUT2D eigenvalue weighted by Gasteiger charge is -2.02. The largest absolute Gasteiger partial charge is 0.383 e. The summed E-state index contributed by atoms with van der Waals surface area (Å²) in [5, 5.41) is 0. The van der Waals surface area contributed by atoms with Crippen LogP contribution in [-0.4, -0.2) is 42.0 Å². The number of ketones is 1. The highest BCUT2D eigenvalue weighted by atomic mass is 16.1. The third-order valence-electron chi connectivity index (χ3n) is 2.53. The maximum Gasteiger partial charge on any atom is 0.185 e. The van der Waals surface area contributed by atoms with Gasteiger partial charge in [0.1, 0.15) is 0 Å². The highest BCUT2D eigenvalue weighted by Crippen LogP contribution is 2.12. The molecule has 1 aliphatic rings. The number of aliphatic imine (C=N–C) groups is 1. The van der Waals surface area contributed by atoms with Crippen LogP contribution < -0.4 is 0 Å². The van der Waals surface area contributed by atoms with Gasteiger partial charge in [0.2, 0.25) is 0 Å². The van der Waals surface area contributed by atoms with E-state index in [-0.39, 0.29) is 5.78 Å². The van der Waals surface area contributed by atoms with E-state index in [2.05, 4.69) is 9.98 Å². The summed E-state index contributed by atoms with van der Waals surface area (Å²) in [7, 11) is 3.76. The van der Waals surface area contributed by atoms with Gasteiger partial charge in [-0.15, -0.1) is 0 Å². The number of aromatic nitrogens is 1. The summed E-state index contributed by atoms with van der Waals surface area (Å²) in [6.45, 7) is 0.445. The van der Waals surface area contributed by atoms with Crippen LogP contribution in [0.4, 0.5) is 0 Å². The minimum Gasteiger partial charge on any atom is -0.383 e. The van der Waals surface area contributed by atoms with Crippen LogP contribution in [0.1, 0.15) is 5.56 Å². The normalized spacial score (nSPS) is 14.6. The molecule has 0 aliphatic carbocycles. The van der Waals surface area contributed by atoms with E-state index in [0.29, 0.717) is 12.1 Å². The highest BCUT2D eigenvalue weighted by molar-refractivity contribution is 6.17. The minimum absolute atomic E-state index is 0.00587. The number of carbonyl (C=O) groups is 1. The Hall–Kier alpha value is -2.23. The van der Waals surface area contributed by atoms with Crippen LogP contribution in [0.3, 0.4) is 0 Å². The van der Waals surface area contributed by atoms with Crippen LogP contribution in [0.15, 0.2) is 53.4 Å². The first kappa shape index (κ1) is 12.2. The van der Waals surface area contributed by atoms with Gasteiger partial charge in [0, 0.05) is 49.9 Å². The first-order valence-electron chi connectivity index (χ1n) is 5.71. The molecule has 4 nitrogen and oxygen atoms in total. The van der Waals surface area contributed by atoms with Crippen molar-refractivity contribution in [3.05, 3.63) is 54.0 Å². The summed E-state index contributed by atoms with van der Waals surface area (Å²) in [5.41, 5.74) is 2.48. The van der Waals surface area contributed by atoms with E-state index in [9.17, 15) is 4.79 Å². The maximum atomic E-state index is 11.9. The molecule has 0 bridgehead atoms. The van der Waals surface area contributed by atoms with Crippen LogP contribution in [0.2, 0.25) is 0 Å². The molecule has 2 rings (SSSR count). The zero-order valence-corrected chi connectivity index (χ0v) is 10.5. The third kappa shape index (κ3) is 2.91. The van der Waals surface area contributed by atoms with Gasteiger partial charge in [0.15, 0.2) is 5.78 Å². The van der Waals surface area contributed by atoms with Crippen LogP contribution in [0, 0.1) is 0 Å². The summed E-state index contributed by atoms with van der Waals surface area (Å²) in [6.07, 6.45) is 8.60. The molecule has 1 aliphatic heterocycles. The average molecular weight is 241 g/mol. The molecule has 1 aromatic rings. The molecule has 92 valence electrons. The van der Waals surface area contributed by atoms with Gasteiger partial charge in [0.25, 0.3) is 0 Å². The van der Waals surface area contributed by atoms with E-state index in [1.807, 2.05) is 37.2 Å². The second-order valence-corrected chi connectivity index (χ2v) is 4.26. The Morgan fingerprint density at radius 2 is 2.28 bits per heavy atom. The first-order valence-corrected chi connectivity index (χ1v) is 5.71. The van der Waals surface area contributed by atoms with E-state index >= 15 is 0 Å². The van der Waals surface area contributed by atoms with E-state index in [1.165, 1.54) is 0 Å². The summed E-state index contributed by atoms with van der Waals surface area (Å²) in [6, 6.07) is 3.79. The van der Waals surface area contributed by atoms with Crippen molar-refractivity contribution in [1.29, 1.82) is 0 Å². The molecular formula is C14H15N3O. The number of nitrogens with zero attached hydrogens (tertiary/aromatic N) is 3. The molecule has 0 saturated heterocycles. The molecule has 18 heavy (non-hydrogen) atoms. The van der Waals surface area contributed by atoms with Crippen molar-refractivity contribution in [1.82, 2.24) is 9.88 Å². The number of pyridine rings is 1. The van der Waals surface area contributed by atoms with E-state index in [0.717, 1.165) is 11.3 Å². The first-order chi connectivity index (χ1) is 8.66. The Labute approximate surface area is 106 Å². The standard InChI is InChI=1S/C14H15N3O/c1-17(2)7-5-14(18)12-8-13(16-10-12)11-4-3-6-15-9-11/h3-9H,10H2,1-2H3/b7-5+. The topological polar surface area (TPSA) is 45.6 Å². The third-order valence-corrected chi connectivity index (χ3v) is 2.53. The predicted molar refractivity (Wildman–Crippen MR) is 71.6 cm³/mol.